The molecule has 1 aliphatic rings. The number of imidazole rings is 1. The molecule has 1 amide bonds. The topological polar surface area (TPSA) is 64.3 Å². The molecular weight excluding hydrogens is 386 g/mol. The summed E-state index contributed by atoms with van der Waals surface area (Å²) in [5, 5.41) is 3.04. The molecule has 4 rings (SSSR count). The first kappa shape index (κ1) is 21.5. The van der Waals surface area contributed by atoms with Gasteiger partial charge in [0, 0.05) is 52.1 Å². The van der Waals surface area contributed by atoms with Crippen LogP contribution in [0, 0.1) is 0 Å². The van der Waals surface area contributed by atoms with Crippen molar-refractivity contribution in [2.24, 2.45) is 0 Å². The van der Waals surface area contributed by atoms with Crippen LogP contribution < -0.4 is 5.32 Å². The highest BCUT2D eigenvalue weighted by molar-refractivity contribution is 5.76. The van der Waals surface area contributed by atoms with Crippen molar-refractivity contribution in [3.8, 4) is 0 Å². The molecular formula is C25H33N5O. The Hall–Kier alpha value is -2.70. The van der Waals surface area contributed by atoms with Gasteiger partial charge in [-0.3, -0.25) is 9.69 Å². The molecule has 0 bridgehead atoms. The highest BCUT2D eigenvalue weighted by atomic mass is 16.1. The van der Waals surface area contributed by atoms with Gasteiger partial charge in [0.2, 0.25) is 5.91 Å². The van der Waals surface area contributed by atoms with Crippen LogP contribution in [0.5, 0.6) is 0 Å². The zero-order valence-electron chi connectivity index (χ0n) is 18.4. The molecule has 6 nitrogen and oxygen atoms in total. The van der Waals surface area contributed by atoms with Gasteiger partial charge < -0.3 is 15.2 Å². The zero-order chi connectivity index (χ0) is 21.5. The number of hydrogen-bond donors (Lipinski definition) is 2. The van der Waals surface area contributed by atoms with E-state index in [4.69, 9.17) is 0 Å². The number of nitrogens with zero attached hydrogens (tertiary/aromatic N) is 3. The Labute approximate surface area is 184 Å². The minimum absolute atomic E-state index is 0.0917. The van der Waals surface area contributed by atoms with Crippen molar-refractivity contribution in [2.75, 3.05) is 32.7 Å². The third kappa shape index (κ3) is 6.15. The number of carbonyl (C=O) groups excluding carboxylic acids is 1. The zero-order valence-corrected chi connectivity index (χ0v) is 18.4. The monoisotopic (exact) mass is 419 g/mol. The number of aromatic amines is 1. The predicted octanol–water partition coefficient (Wildman–Crippen LogP) is 3.34. The van der Waals surface area contributed by atoms with Crippen LogP contribution in [0.2, 0.25) is 0 Å². The summed E-state index contributed by atoms with van der Waals surface area (Å²) in [6.07, 6.45) is 2.08. The van der Waals surface area contributed by atoms with Gasteiger partial charge in [-0.1, -0.05) is 43.3 Å². The molecule has 6 heteroatoms. The number of piperazine rings is 1. The fourth-order valence-electron chi connectivity index (χ4n) is 4.11. The third-order valence-electron chi connectivity index (χ3n) is 6.09. The number of amides is 1. The lowest BCUT2D eigenvalue weighted by Gasteiger charge is -2.34. The standard InChI is InChI=1S/C25H33N5O/c1-2-29-14-16-30(17-15-29)19-21-12-10-20(11-13-21)18-26-25(31)9-5-8-24-27-22-6-3-4-7-23(22)28-24/h3-4,6-7,10-13H,2,5,8-9,14-19H2,1H3,(H,26,31)(H,27,28). The number of hydrogen-bond acceptors (Lipinski definition) is 4. The van der Waals surface area contributed by atoms with Gasteiger partial charge in [-0.05, 0) is 36.2 Å². The van der Waals surface area contributed by atoms with Crippen molar-refractivity contribution in [3.63, 3.8) is 0 Å². The van der Waals surface area contributed by atoms with Gasteiger partial charge in [-0.15, -0.1) is 0 Å². The molecule has 1 saturated heterocycles. The normalized spacial score (nSPS) is 15.4. The van der Waals surface area contributed by atoms with E-state index in [0.717, 1.165) is 74.5 Å². The van der Waals surface area contributed by atoms with E-state index in [2.05, 4.69) is 56.3 Å². The number of likely N-dealkylation sites (N-methyl/N-ethyl adjacent to an activating group) is 1. The van der Waals surface area contributed by atoms with Crippen molar-refractivity contribution < 1.29 is 4.79 Å². The van der Waals surface area contributed by atoms with Crippen LogP contribution >= 0.6 is 0 Å². The van der Waals surface area contributed by atoms with Gasteiger partial charge in [0.1, 0.15) is 5.82 Å². The molecule has 2 N–H and O–H groups in total. The molecule has 1 aromatic heterocycles. The largest absolute Gasteiger partial charge is 0.352 e. The summed E-state index contributed by atoms with van der Waals surface area (Å²) in [4.78, 5) is 25.1. The number of H-pyrrole nitrogens is 1. The molecule has 1 fully saturated rings. The summed E-state index contributed by atoms with van der Waals surface area (Å²) in [5.74, 6) is 1.04. The first-order valence-electron chi connectivity index (χ1n) is 11.4. The summed E-state index contributed by atoms with van der Waals surface area (Å²) in [7, 11) is 0. The van der Waals surface area contributed by atoms with Crippen molar-refractivity contribution >= 4 is 16.9 Å². The lowest BCUT2D eigenvalue weighted by atomic mass is 10.1. The fourth-order valence-corrected chi connectivity index (χ4v) is 4.11. The van der Waals surface area contributed by atoms with Crippen LogP contribution in [0.4, 0.5) is 0 Å². The number of nitrogens with one attached hydrogen (secondary N) is 2. The molecule has 0 spiro atoms. The number of carbonyl (C=O) groups is 1. The molecule has 0 unspecified atom stereocenters. The summed E-state index contributed by atoms with van der Waals surface area (Å²) in [6.45, 7) is 9.57. The number of benzene rings is 2. The maximum absolute atomic E-state index is 12.2. The molecule has 0 aliphatic carbocycles. The third-order valence-corrected chi connectivity index (χ3v) is 6.09. The highest BCUT2D eigenvalue weighted by Crippen LogP contribution is 2.12. The van der Waals surface area contributed by atoms with Crippen molar-refractivity contribution in [1.29, 1.82) is 0 Å². The van der Waals surface area contributed by atoms with Gasteiger partial charge in [0.25, 0.3) is 0 Å². The van der Waals surface area contributed by atoms with Crippen LogP contribution in [0.3, 0.4) is 0 Å². The Morgan fingerprint density at radius 2 is 1.71 bits per heavy atom. The van der Waals surface area contributed by atoms with Gasteiger partial charge in [-0.25, -0.2) is 4.98 Å². The molecule has 2 heterocycles. The van der Waals surface area contributed by atoms with E-state index in [1.807, 2.05) is 24.3 Å². The summed E-state index contributed by atoms with van der Waals surface area (Å²) in [5.41, 5.74) is 4.51. The summed E-state index contributed by atoms with van der Waals surface area (Å²) < 4.78 is 0. The minimum atomic E-state index is 0.0917. The quantitative estimate of drug-likeness (QED) is 0.558. The fraction of sp³-hybridized carbons (Fsp3) is 0.440. The van der Waals surface area contributed by atoms with Gasteiger partial charge in [-0.2, -0.15) is 0 Å². The maximum Gasteiger partial charge on any atom is 0.220 e. The van der Waals surface area contributed by atoms with Gasteiger partial charge in [0.05, 0.1) is 11.0 Å². The van der Waals surface area contributed by atoms with Crippen LogP contribution in [-0.4, -0.2) is 58.4 Å². The number of aromatic nitrogens is 2. The predicted molar refractivity (Wildman–Crippen MR) is 125 cm³/mol. The van der Waals surface area contributed by atoms with Crippen LogP contribution in [0.1, 0.15) is 36.7 Å². The first-order valence-corrected chi connectivity index (χ1v) is 11.4. The smallest absolute Gasteiger partial charge is 0.220 e. The highest BCUT2D eigenvalue weighted by Gasteiger charge is 2.15. The van der Waals surface area contributed by atoms with Crippen molar-refractivity contribution in [3.05, 3.63) is 65.5 Å². The average molecular weight is 420 g/mol. The molecule has 0 radical (unpaired) electrons. The van der Waals surface area contributed by atoms with E-state index in [-0.39, 0.29) is 5.91 Å². The Morgan fingerprint density at radius 1 is 1.00 bits per heavy atom. The number of aryl methyl sites for hydroxylation is 1. The maximum atomic E-state index is 12.2. The van der Waals surface area contributed by atoms with E-state index in [9.17, 15) is 4.79 Å². The van der Waals surface area contributed by atoms with Crippen LogP contribution in [0.15, 0.2) is 48.5 Å². The lowest BCUT2D eigenvalue weighted by Crippen LogP contribution is -2.45. The Morgan fingerprint density at radius 3 is 2.45 bits per heavy atom. The Bertz CT molecular complexity index is 940. The SMILES string of the molecule is CCN1CCN(Cc2ccc(CNC(=O)CCCc3nc4ccccc4[nH]3)cc2)CC1. The molecule has 1 aliphatic heterocycles. The number of fused-ring (bicyclic) bond motifs is 1. The minimum Gasteiger partial charge on any atom is -0.352 e. The van der Waals surface area contributed by atoms with Crippen molar-refractivity contribution in [1.82, 2.24) is 25.1 Å². The van der Waals surface area contributed by atoms with Gasteiger partial charge >= 0.3 is 0 Å². The van der Waals surface area contributed by atoms with E-state index < -0.39 is 0 Å². The van der Waals surface area contributed by atoms with E-state index in [1.165, 1.54) is 5.56 Å². The Balaban J connectivity index is 1.15. The lowest BCUT2D eigenvalue weighted by molar-refractivity contribution is -0.121. The van der Waals surface area contributed by atoms with E-state index >= 15 is 0 Å². The Kier molecular flexibility index (Phi) is 7.33. The first-order chi connectivity index (χ1) is 15.2. The molecule has 3 aromatic rings. The van der Waals surface area contributed by atoms with Crippen molar-refractivity contribution in [2.45, 2.75) is 39.3 Å². The van der Waals surface area contributed by atoms with Gasteiger partial charge in [0.15, 0.2) is 0 Å². The van der Waals surface area contributed by atoms with Crippen LogP contribution in [0.25, 0.3) is 11.0 Å². The average Bonchev–Trinajstić information content (AvgIpc) is 3.22. The second-order valence-electron chi connectivity index (χ2n) is 8.36. The van der Waals surface area contributed by atoms with E-state index in [0.29, 0.717) is 13.0 Å². The number of rotatable bonds is 9. The molecule has 0 atom stereocenters. The second kappa shape index (κ2) is 10.6. The van der Waals surface area contributed by atoms with E-state index in [1.54, 1.807) is 0 Å². The molecule has 0 saturated carbocycles. The molecule has 2 aromatic carbocycles. The summed E-state index contributed by atoms with van der Waals surface area (Å²) >= 11 is 0. The molecule has 164 valence electrons. The second-order valence-corrected chi connectivity index (χ2v) is 8.36. The number of para-hydroxylation sites is 2. The van der Waals surface area contributed by atoms with Crippen LogP contribution in [-0.2, 0) is 24.3 Å². The summed E-state index contributed by atoms with van der Waals surface area (Å²) in [6, 6.07) is 16.7. The molecule has 31 heavy (non-hydrogen) atoms.